The monoisotopic (exact) mass is 245 g/mol. The van der Waals surface area contributed by atoms with E-state index in [1.165, 1.54) is 18.2 Å². The summed E-state index contributed by atoms with van der Waals surface area (Å²) in [5.41, 5.74) is 5.33. The van der Waals surface area contributed by atoms with Gasteiger partial charge in [0, 0.05) is 6.54 Å². The number of carbonyl (C=O) groups is 1. The summed E-state index contributed by atoms with van der Waals surface area (Å²) >= 11 is 5.66. The van der Waals surface area contributed by atoms with Gasteiger partial charge in [0.05, 0.1) is 16.7 Å². The largest absolute Gasteiger partial charge is 0.478 e. The second-order valence-electron chi connectivity index (χ2n) is 3.29. The zero-order valence-electron chi connectivity index (χ0n) is 8.30. The fourth-order valence-electron chi connectivity index (χ4n) is 1.24. The Hall–Kier alpha value is -1.14. The van der Waals surface area contributed by atoms with Gasteiger partial charge in [0.25, 0.3) is 0 Å². The Morgan fingerprint density at radius 3 is 2.56 bits per heavy atom. The van der Waals surface area contributed by atoms with Crippen molar-refractivity contribution in [2.24, 2.45) is 5.73 Å². The van der Waals surface area contributed by atoms with Gasteiger partial charge in [0.15, 0.2) is 0 Å². The van der Waals surface area contributed by atoms with Crippen molar-refractivity contribution in [3.8, 4) is 0 Å². The summed E-state index contributed by atoms with van der Waals surface area (Å²) < 4.78 is 0. The van der Waals surface area contributed by atoms with Gasteiger partial charge < -0.3 is 21.1 Å². The summed E-state index contributed by atoms with van der Waals surface area (Å²) in [5, 5.41) is 27.8. The highest BCUT2D eigenvalue weighted by molar-refractivity contribution is 6.33. The van der Waals surface area contributed by atoms with Crippen LogP contribution in [0.25, 0.3) is 0 Å². The second-order valence-corrected chi connectivity index (χ2v) is 3.70. The highest BCUT2D eigenvalue weighted by Gasteiger charge is 2.19. The van der Waals surface area contributed by atoms with Crippen molar-refractivity contribution in [1.29, 1.82) is 0 Å². The van der Waals surface area contributed by atoms with Crippen molar-refractivity contribution in [3.63, 3.8) is 0 Å². The van der Waals surface area contributed by atoms with E-state index in [0.717, 1.165) is 0 Å². The molecule has 0 aliphatic carbocycles. The first-order valence-electron chi connectivity index (χ1n) is 4.56. The molecular formula is C10H12ClNO4. The number of nitrogens with two attached hydrogens (primary N) is 1. The molecule has 1 aromatic rings. The minimum absolute atomic E-state index is 0.0747. The van der Waals surface area contributed by atoms with Crippen molar-refractivity contribution in [2.45, 2.75) is 12.2 Å². The van der Waals surface area contributed by atoms with E-state index in [1.807, 2.05) is 0 Å². The second kappa shape index (κ2) is 5.27. The summed E-state index contributed by atoms with van der Waals surface area (Å²) in [6, 6.07) is 4.01. The molecule has 0 aliphatic heterocycles. The molecule has 0 heterocycles. The number of aliphatic hydroxyl groups is 2. The van der Waals surface area contributed by atoms with Crippen LogP contribution in [0.1, 0.15) is 22.0 Å². The molecule has 2 unspecified atom stereocenters. The summed E-state index contributed by atoms with van der Waals surface area (Å²) in [6.45, 7) is -0.119. The zero-order chi connectivity index (χ0) is 12.3. The predicted molar refractivity (Wildman–Crippen MR) is 58.4 cm³/mol. The first kappa shape index (κ1) is 12.9. The smallest absolute Gasteiger partial charge is 0.337 e. The molecule has 0 amide bonds. The quantitative estimate of drug-likeness (QED) is 0.614. The van der Waals surface area contributed by atoms with Gasteiger partial charge in [-0.1, -0.05) is 17.7 Å². The SMILES string of the molecule is NCC(O)C(O)c1ccc(Cl)c(C(=O)O)c1. The third-order valence-electron chi connectivity index (χ3n) is 2.17. The molecule has 5 N–H and O–H groups in total. The number of carboxylic acid groups (broad SMARTS) is 1. The Morgan fingerprint density at radius 2 is 2.06 bits per heavy atom. The van der Waals surface area contributed by atoms with E-state index in [4.69, 9.17) is 22.4 Å². The number of hydrogen-bond acceptors (Lipinski definition) is 4. The Bertz CT molecular complexity index is 396. The van der Waals surface area contributed by atoms with Crippen LogP contribution in [0, 0.1) is 0 Å². The van der Waals surface area contributed by atoms with Gasteiger partial charge in [0.2, 0.25) is 0 Å². The summed E-state index contributed by atoms with van der Waals surface area (Å²) in [4.78, 5) is 10.8. The fourth-order valence-corrected chi connectivity index (χ4v) is 1.44. The van der Waals surface area contributed by atoms with Gasteiger partial charge in [0.1, 0.15) is 6.10 Å². The number of rotatable bonds is 4. The maximum Gasteiger partial charge on any atom is 0.337 e. The van der Waals surface area contributed by atoms with Crippen molar-refractivity contribution in [1.82, 2.24) is 0 Å². The molecule has 1 rings (SSSR count). The van der Waals surface area contributed by atoms with E-state index >= 15 is 0 Å². The minimum atomic E-state index is -1.22. The van der Waals surface area contributed by atoms with E-state index in [2.05, 4.69) is 0 Å². The molecule has 0 radical (unpaired) electrons. The first-order valence-corrected chi connectivity index (χ1v) is 4.94. The average molecular weight is 246 g/mol. The lowest BCUT2D eigenvalue weighted by Crippen LogP contribution is -2.27. The van der Waals surface area contributed by atoms with Gasteiger partial charge in [-0.2, -0.15) is 0 Å². The molecule has 88 valence electrons. The maximum absolute atomic E-state index is 10.8. The summed E-state index contributed by atoms with van der Waals surface area (Å²) in [6.07, 6.45) is -2.36. The third kappa shape index (κ3) is 2.70. The molecule has 6 heteroatoms. The Morgan fingerprint density at radius 1 is 1.44 bits per heavy atom. The van der Waals surface area contributed by atoms with Crippen LogP contribution >= 0.6 is 11.6 Å². The van der Waals surface area contributed by atoms with E-state index in [0.29, 0.717) is 0 Å². The first-order chi connectivity index (χ1) is 7.47. The minimum Gasteiger partial charge on any atom is -0.478 e. The molecule has 0 spiro atoms. The van der Waals surface area contributed by atoms with Crippen molar-refractivity contribution >= 4 is 17.6 Å². The van der Waals surface area contributed by atoms with Crippen LogP contribution in [0.5, 0.6) is 0 Å². The molecule has 5 nitrogen and oxygen atoms in total. The van der Waals surface area contributed by atoms with Crippen molar-refractivity contribution in [3.05, 3.63) is 34.3 Å². The Labute approximate surface area is 97.1 Å². The van der Waals surface area contributed by atoms with E-state index in [9.17, 15) is 15.0 Å². The topological polar surface area (TPSA) is 104 Å². The zero-order valence-corrected chi connectivity index (χ0v) is 9.05. The highest BCUT2D eigenvalue weighted by Crippen LogP contribution is 2.23. The van der Waals surface area contributed by atoms with Crippen LogP contribution in [0.2, 0.25) is 5.02 Å². The van der Waals surface area contributed by atoms with E-state index in [1.54, 1.807) is 0 Å². The van der Waals surface area contributed by atoms with Crippen LogP contribution in [-0.2, 0) is 0 Å². The lowest BCUT2D eigenvalue weighted by Gasteiger charge is -2.16. The lowest BCUT2D eigenvalue weighted by atomic mass is 10.0. The van der Waals surface area contributed by atoms with Gasteiger partial charge in [-0.15, -0.1) is 0 Å². The van der Waals surface area contributed by atoms with Gasteiger partial charge in [-0.25, -0.2) is 4.79 Å². The predicted octanol–water partition coefficient (Wildman–Crippen LogP) is 0.391. The molecule has 1 aromatic carbocycles. The van der Waals surface area contributed by atoms with Crippen LogP contribution in [0.3, 0.4) is 0 Å². The normalized spacial score (nSPS) is 14.5. The number of aromatic carboxylic acids is 1. The number of hydrogen-bond donors (Lipinski definition) is 4. The Balaban J connectivity index is 3.07. The molecule has 0 aromatic heterocycles. The van der Waals surface area contributed by atoms with Gasteiger partial charge >= 0.3 is 5.97 Å². The maximum atomic E-state index is 10.8. The molecule has 0 saturated heterocycles. The van der Waals surface area contributed by atoms with Gasteiger partial charge in [-0.05, 0) is 17.7 Å². The van der Waals surface area contributed by atoms with E-state index < -0.39 is 18.2 Å². The fraction of sp³-hybridized carbons (Fsp3) is 0.300. The van der Waals surface area contributed by atoms with Crippen LogP contribution in [0.4, 0.5) is 0 Å². The highest BCUT2D eigenvalue weighted by atomic mass is 35.5. The van der Waals surface area contributed by atoms with Crippen molar-refractivity contribution < 1.29 is 20.1 Å². The van der Waals surface area contributed by atoms with Crippen LogP contribution in [-0.4, -0.2) is 33.9 Å². The number of carboxylic acids is 1. The number of aliphatic hydroxyl groups excluding tert-OH is 2. The number of benzene rings is 1. The van der Waals surface area contributed by atoms with E-state index in [-0.39, 0.29) is 22.7 Å². The van der Waals surface area contributed by atoms with Crippen LogP contribution < -0.4 is 5.73 Å². The molecule has 0 bridgehead atoms. The standard InChI is InChI=1S/C10H12ClNO4/c11-7-2-1-5(3-6(7)10(15)16)9(14)8(13)4-12/h1-3,8-9,13-14H,4,12H2,(H,15,16). The average Bonchev–Trinajstić information content (AvgIpc) is 2.27. The molecule has 2 atom stereocenters. The molecule has 0 fully saturated rings. The lowest BCUT2D eigenvalue weighted by molar-refractivity contribution is 0.0242. The Kier molecular flexibility index (Phi) is 4.26. The molecular weight excluding hydrogens is 234 g/mol. The molecule has 0 aliphatic rings. The molecule has 16 heavy (non-hydrogen) atoms. The third-order valence-corrected chi connectivity index (χ3v) is 2.50. The van der Waals surface area contributed by atoms with Crippen molar-refractivity contribution in [2.75, 3.05) is 6.54 Å². The molecule has 0 saturated carbocycles. The van der Waals surface area contributed by atoms with Gasteiger partial charge in [-0.3, -0.25) is 0 Å². The summed E-state index contributed by atoms with van der Waals surface area (Å²) in [5.74, 6) is -1.19. The van der Waals surface area contributed by atoms with Crippen LogP contribution in [0.15, 0.2) is 18.2 Å². The number of halogens is 1. The summed E-state index contributed by atoms with van der Waals surface area (Å²) in [7, 11) is 0.